The van der Waals surface area contributed by atoms with Gasteiger partial charge in [-0.3, -0.25) is 0 Å². The molecule has 0 heteroatoms. The molecule has 2 atom stereocenters. The van der Waals surface area contributed by atoms with Gasteiger partial charge in [-0.15, -0.1) is 0 Å². The molecule has 0 aliphatic carbocycles. The zero-order valence-electron chi connectivity index (χ0n) is 12.4. The zero-order chi connectivity index (χ0) is 12.4. The lowest BCUT2D eigenvalue weighted by Gasteiger charge is -2.38. The summed E-state index contributed by atoms with van der Waals surface area (Å²) in [5.74, 6) is 0.957. The Balaban J connectivity index is 4.41. The van der Waals surface area contributed by atoms with Crippen molar-refractivity contribution in [1.82, 2.24) is 0 Å². The summed E-state index contributed by atoms with van der Waals surface area (Å²) in [6.07, 6.45) is 12.6. The van der Waals surface area contributed by atoms with E-state index >= 15 is 0 Å². The second-order valence-corrected chi connectivity index (χ2v) is 5.75. The Morgan fingerprint density at radius 1 is 0.812 bits per heavy atom. The minimum absolute atomic E-state index is 0.620. The number of unbranched alkanes of at least 4 members (excludes halogenated alkanes) is 2. The molecule has 0 N–H and O–H groups in total. The number of hydrogen-bond acceptors (Lipinski definition) is 0. The summed E-state index contributed by atoms with van der Waals surface area (Å²) in [7, 11) is 0. The molecule has 0 aliphatic heterocycles. The van der Waals surface area contributed by atoms with Crippen LogP contribution in [0.15, 0.2) is 0 Å². The monoisotopic (exact) mass is 226 g/mol. The van der Waals surface area contributed by atoms with E-state index in [9.17, 15) is 0 Å². The molecule has 0 fully saturated rings. The highest BCUT2D eigenvalue weighted by molar-refractivity contribution is 4.81. The van der Waals surface area contributed by atoms with Crippen LogP contribution >= 0.6 is 0 Å². The Labute approximate surface area is 104 Å². The van der Waals surface area contributed by atoms with Crippen LogP contribution < -0.4 is 0 Å². The predicted octanol–water partition coefficient (Wildman–Crippen LogP) is 6.20. The van der Waals surface area contributed by atoms with Gasteiger partial charge < -0.3 is 0 Å². The molecule has 0 spiro atoms. The van der Waals surface area contributed by atoms with Crippen LogP contribution in [0.5, 0.6) is 0 Å². The molecule has 0 radical (unpaired) electrons. The lowest BCUT2D eigenvalue weighted by atomic mass is 9.68. The molecule has 0 amide bonds. The van der Waals surface area contributed by atoms with Gasteiger partial charge in [0.15, 0.2) is 0 Å². The second-order valence-electron chi connectivity index (χ2n) is 5.75. The van der Waals surface area contributed by atoms with Crippen LogP contribution in [0, 0.1) is 11.3 Å². The normalized spacial score (nSPS) is 17.1. The predicted molar refractivity (Wildman–Crippen MR) is 75.8 cm³/mol. The van der Waals surface area contributed by atoms with Gasteiger partial charge in [0.05, 0.1) is 0 Å². The van der Waals surface area contributed by atoms with Crippen LogP contribution in [-0.4, -0.2) is 0 Å². The molecule has 2 unspecified atom stereocenters. The molecule has 0 aliphatic rings. The van der Waals surface area contributed by atoms with E-state index in [-0.39, 0.29) is 0 Å². The molecular weight excluding hydrogens is 192 g/mol. The van der Waals surface area contributed by atoms with Crippen molar-refractivity contribution in [3.8, 4) is 0 Å². The highest BCUT2D eigenvalue weighted by Gasteiger charge is 2.30. The first-order valence-corrected chi connectivity index (χ1v) is 7.64. The number of hydrogen-bond donors (Lipinski definition) is 0. The van der Waals surface area contributed by atoms with E-state index in [1.54, 1.807) is 0 Å². The van der Waals surface area contributed by atoms with Crippen LogP contribution in [0.3, 0.4) is 0 Å². The molecule has 98 valence electrons. The van der Waals surface area contributed by atoms with Crippen LogP contribution in [-0.2, 0) is 0 Å². The summed E-state index contributed by atoms with van der Waals surface area (Å²) in [5.41, 5.74) is 0.620. The van der Waals surface area contributed by atoms with Gasteiger partial charge in [-0.25, -0.2) is 0 Å². The SMILES string of the molecule is CCCCC(CC)C(C)(CCC)CCCC. The summed E-state index contributed by atoms with van der Waals surface area (Å²) < 4.78 is 0. The summed E-state index contributed by atoms with van der Waals surface area (Å²) >= 11 is 0. The van der Waals surface area contributed by atoms with Gasteiger partial charge in [-0.05, 0) is 30.6 Å². The van der Waals surface area contributed by atoms with Crippen molar-refractivity contribution >= 4 is 0 Å². The average Bonchev–Trinajstić information content (AvgIpc) is 2.28. The highest BCUT2D eigenvalue weighted by Crippen LogP contribution is 2.42. The molecule has 16 heavy (non-hydrogen) atoms. The Morgan fingerprint density at radius 2 is 1.44 bits per heavy atom. The first-order valence-electron chi connectivity index (χ1n) is 7.64. The van der Waals surface area contributed by atoms with Crippen LogP contribution in [0.1, 0.15) is 92.4 Å². The zero-order valence-corrected chi connectivity index (χ0v) is 12.4. The van der Waals surface area contributed by atoms with E-state index in [4.69, 9.17) is 0 Å². The van der Waals surface area contributed by atoms with Gasteiger partial charge in [0.25, 0.3) is 0 Å². The third-order valence-corrected chi connectivity index (χ3v) is 4.31. The van der Waals surface area contributed by atoms with Crippen molar-refractivity contribution < 1.29 is 0 Å². The summed E-state index contributed by atoms with van der Waals surface area (Å²) in [4.78, 5) is 0. The second kappa shape index (κ2) is 9.07. The van der Waals surface area contributed by atoms with E-state index < -0.39 is 0 Å². The van der Waals surface area contributed by atoms with E-state index in [2.05, 4.69) is 34.6 Å². The van der Waals surface area contributed by atoms with Gasteiger partial charge in [-0.1, -0.05) is 73.1 Å². The summed E-state index contributed by atoms with van der Waals surface area (Å²) in [5, 5.41) is 0. The van der Waals surface area contributed by atoms with E-state index in [1.807, 2.05) is 0 Å². The van der Waals surface area contributed by atoms with Crippen molar-refractivity contribution in [2.75, 3.05) is 0 Å². The third-order valence-electron chi connectivity index (χ3n) is 4.31. The van der Waals surface area contributed by atoms with Gasteiger partial charge in [0.2, 0.25) is 0 Å². The molecule has 0 nitrogen and oxygen atoms in total. The number of rotatable bonds is 10. The maximum atomic E-state index is 2.55. The molecule has 0 saturated heterocycles. The first-order chi connectivity index (χ1) is 7.64. The molecule has 0 aromatic heterocycles. The smallest absolute Gasteiger partial charge is 0.0298 e. The van der Waals surface area contributed by atoms with Crippen molar-refractivity contribution in [2.45, 2.75) is 92.4 Å². The molecule has 0 aromatic rings. The van der Waals surface area contributed by atoms with Crippen molar-refractivity contribution in [3.63, 3.8) is 0 Å². The topological polar surface area (TPSA) is 0 Å². The van der Waals surface area contributed by atoms with Gasteiger partial charge >= 0.3 is 0 Å². The minimum Gasteiger partial charge on any atom is -0.0654 e. The minimum atomic E-state index is 0.620. The Morgan fingerprint density at radius 3 is 1.88 bits per heavy atom. The van der Waals surface area contributed by atoms with Crippen LogP contribution in [0.25, 0.3) is 0 Å². The van der Waals surface area contributed by atoms with Gasteiger partial charge in [0.1, 0.15) is 0 Å². The maximum Gasteiger partial charge on any atom is -0.0298 e. The molecule has 0 aromatic carbocycles. The lowest BCUT2D eigenvalue weighted by Crippen LogP contribution is -2.27. The fourth-order valence-electron chi connectivity index (χ4n) is 3.18. The Hall–Kier alpha value is 0. The molecule has 0 heterocycles. The van der Waals surface area contributed by atoms with Gasteiger partial charge in [-0.2, -0.15) is 0 Å². The van der Waals surface area contributed by atoms with E-state index in [0.717, 1.165) is 5.92 Å². The standard InChI is InChI=1S/C16H34/c1-6-10-12-15(9-4)16(5,13-8-3)14-11-7-2/h15H,6-14H2,1-5H3. The average molecular weight is 226 g/mol. The third kappa shape index (κ3) is 5.37. The molecule has 0 saturated carbocycles. The van der Waals surface area contributed by atoms with Gasteiger partial charge in [0, 0.05) is 0 Å². The quantitative estimate of drug-likeness (QED) is 0.416. The first kappa shape index (κ1) is 16.0. The van der Waals surface area contributed by atoms with Crippen molar-refractivity contribution in [1.29, 1.82) is 0 Å². The Kier molecular flexibility index (Phi) is 9.07. The fourth-order valence-corrected chi connectivity index (χ4v) is 3.18. The molecule has 0 bridgehead atoms. The van der Waals surface area contributed by atoms with Crippen molar-refractivity contribution in [3.05, 3.63) is 0 Å². The maximum absolute atomic E-state index is 2.55. The Bertz CT molecular complexity index is 150. The largest absolute Gasteiger partial charge is 0.0654 e. The highest BCUT2D eigenvalue weighted by atomic mass is 14.4. The molecular formula is C16H34. The van der Waals surface area contributed by atoms with Crippen LogP contribution in [0.2, 0.25) is 0 Å². The van der Waals surface area contributed by atoms with Crippen molar-refractivity contribution in [2.24, 2.45) is 11.3 Å². The van der Waals surface area contributed by atoms with E-state index in [0.29, 0.717) is 5.41 Å². The lowest BCUT2D eigenvalue weighted by molar-refractivity contribution is 0.130. The fraction of sp³-hybridized carbons (Fsp3) is 1.00. The van der Waals surface area contributed by atoms with Crippen LogP contribution in [0.4, 0.5) is 0 Å². The van der Waals surface area contributed by atoms with E-state index in [1.165, 1.54) is 57.8 Å². The summed E-state index contributed by atoms with van der Waals surface area (Å²) in [6.45, 7) is 11.9. The molecule has 0 rings (SSSR count). The summed E-state index contributed by atoms with van der Waals surface area (Å²) in [6, 6.07) is 0.